The average molecular weight is 726 g/mol. The first-order chi connectivity index (χ1) is 26.4. The standard InChI is InChI=1S/C42H43N7O5/c1-23-9-13-33(44-23)39-45-32-14-11-26-17-31-29-12-10-27(16-28(29)22-54-36(31)18-30(26)38(32)47-39)34-19-43-40(46-34)35-15-24(21-52-2)20-49(35)41(50)37(48-42(51)53-3)25-7-5-4-6-8-25/h4-8,10-12,14,16-19,23-24,33,35,37,44H,9,13,15,20-22H2,1-3H3,(H,43,46)(H,45,47)(H,48,51)/t23-,24-,33-,35-,37+/m0/s1. The summed E-state index contributed by atoms with van der Waals surface area (Å²) in [5, 5.41) is 8.58. The van der Waals surface area contributed by atoms with E-state index in [1.165, 1.54) is 7.11 Å². The number of likely N-dealkylation sites (tertiary alicyclic amines) is 1. The second-order valence-electron chi connectivity index (χ2n) is 14.7. The minimum Gasteiger partial charge on any atom is -0.488 e. The first-order valence-corrected chi connectivity index (χ1v) is 18.6. The minimum atomic E-state index is -0.918. The Hall–Kier alpha value is -5.72. The SMILES string of the molecule is COC[C@H]1C[C@@H](c2ncc(-c3ccc4c(c3)COc3cc5c(ccc6[nH]c([C@@H]7CC[C@H](C)N7)nc65)cc3-4)[nH]2)N(C(=O)[C@H](NC(=O)OC)c2ccccc2)C1. The molecule has 0 bridgehead atoms. The van der Waals surface area contributed by atoms with Gasteiger partial charge in [0.2, 0.25) is 0 Å². The molecule has 2 fully saturated rings. The normalized spacial score (nSPS) is 21.1. The number of hydrogen-bond donors (Lipinski definition) is 4. The molecule has 12 nitrogen and oxygen atoms in total. The van der Waals surface area contributed by atoms with Crippen molar-refractivity contribution in [3.63, 3.8) is 0 Å². The number of nitrogens with one attached hydrogen (secondary N) is 4. The van der Waals surface area contributed by atoms with E-state index in [0.717, 1.165) is 74.2 Å². The van der Waals surface area contributed by atoms with Crippen molar-refractivity contribution in [2.24, 2.45) is 5.92 Å². The molecule has 0 saturated carbocycles. The molecule has 3 aliphatic heterocycles. The van der Waals surface area contributed by atoms with Crippen molar-refractivity contribution in [3.8, 4) is 28.1 Å². The lowest BCUT2D eigenvalue weighted by Crippen LogP contribution is -2.43. The van der Waals surface area contributed by atoms with Gasteiger partial charge in [0.15, 0.2) is 0 Å². The highest BCUT2D eigenvalue weighted by Crippen LogP contribution is 2.43. The maximum atomic E-state index is 14.2. The van der Waals surface area contributed by atoms with Gasteiger partial charge in [0, 0.05) is 36.6 Å². The fourth-order valence-electron chi connectivity index (χ4n) is 8.49. The highest BCUT2D eigenvalue weighted by Gasteiger charge is 2.41. The number of amides is 2. The predicted octanol–water partition coefficient (Wildman–Crippen LogP) is 7.11. The topological polar surface area (TPSA) is 146 Å². The average Bonchev–Trinajstić information content (AvgIpc) is 4.02. The Morgan fingerprint density at radius 3 is 2.67 bits per heavy atom. The summed E-state index contributed by atoms with van der Waals surface area (Å²) in [6.45, 7) is 3.62. The zero-order chi connectivity index (χ0) is 36.9. The molecule has 2 amide bonds. The van der Waals surface area contributed by atoms with Crippen LogP contribution in [0.1, 0.15) is 67.1 Å². The fraction of sp³-hybridized carbons (Fsp3) is 0.333. The number of rotatable bonds is 8. The highest BCUT2D eigenvalue weighted by atomic mass is 16.5. The molecule has 12 heteroatoms. The third kappa shape index (κ3) is 6.14. The molecule has 0 unspecified atom stereocenters. The number of alkyl carbamates (subject to hydrolysis) is 1. The van der Waals surface area contributed by atoms with Gasteiger partial charge in [-0.25, -0.2) is 14.8 Å². The van der Waals surface area contributed by atoms with Crippen LogP contribution >= 0.6 is 0 Å². The minimum absolute atomic E-state index is 0.100. The largest absolute Gasteiger partial charge is 0.488 e. The van der Waals surface area contributed by atoms with Gasteiger partial charge >= 0.3 is 6.09 Å². The van der Waals surface area contributed by atoms with Crippen LogP contribution in [0.2, 0.25) is 0 Å². The second-order valence-corrected chi connectivity index (χ2v) is 14.7. The van der Waals surface area contributed by atoms with E-state index in [1.807, 2.05) is 36.5 Å². The number of imidazole rings is 2. The summed E-state index contributed by atoms with van der Waals surface area (Å²) in [5.41, 5.74) is 7.76. The first-order valence-electron chi connectivity index (χ1n) is 18.6. The Labute approximate surface area is 312 Å². The molecule has 4 aromatic carbocycles. The Bertz CT molecular complexity index is 2370. The van der Waals surface area contributed by atoms with Crippen molar-refractivity contribution < 1.29 is 23.8 Å². The van der Waals surface area contributed by atoms with Crippen molar-refractivity contribution in [3.05, 3.63) is 102 Å². The molecular weight excluding hydrogens is 683 g/mol. The lowest BCUT2D eigenvalue weighted by atomic mass is 9.92. The van der Waals surface area contributed by atoms with Crippen LogP contribution in [0.3, 0.4) is 0 Å². The molecule has 5 heterocycles. The fourth-order valence-corrected chi connectivity index (χ4v) is 8.49. The van der Waals surface area contributed by atoms with Crippen molar-refractivity contribution in [1.82, 2.24) is 35.5 Å². The van der Waals surface area contributed by atoms with Crippen molar-refractivity contribution in [2.75, 3.05) is 27.4 Å². The summed E-state index contributed by atoms with van der Waals surface area (Å²) in [6.07, 6.45) is 4.03. The number of aromatic nitrogens is 4. The summed E-state index contributed by atoms with van der Waals surface area (Å²) in [6, 6.07) is 23.7. The van der Waals surface area contributed by atoms with Gasteiger partial charge in [0.1, 0.15) is 30.0 Å². The maximum absolute atomic E-state index is 14.2. The van der Waals surface area contributed by atoms with Crippen LogP contribution in [0.25, 0.3) is 44.2 Å². The molecule has 2 aromatic heterocycles. The summed E-state index contributed by atoms with van der Waals surface area (Å²) in [4.78, 5) is 45.3. The number of fused-ring (bicyclic) bond motifs is 6. The van der Waals surface area contributed by atoms with Gasteiger partial charge in [-0.2, -0.15) is 0 Å². The number of ether oxygens (including phenoxy) is 3. The molecule has 5 atom stereocenters. The molecule has 276 valence electrons. The summed E-state index contributed by atoms with van der Waals surface area (Å²) in [5.74, 6) is 2.39. The van der Waals surface area contributed by atoms with Crippen molar-refractivity contribution in [2.45, 2.75) is 57.0 Å². The van der Waals surface area contributed by atoms with E-state index in [-0.39, 0.29) is 23.9 Å². The van der Waals surface area contributed by atoms with Crippen LogP contribution in [0, 0.1) is 5.92 Å². The van der Waals surface area contributed by atoms with Crippen molar-refractivity contribution >= 4 is 33.8 Å². The zero-order valence-electron chi connectivity index (χ0n) is 30.5. The van der Waals surface area contributed by atoms with Crippen molar-refractivity contribution in [1.29, 1.82) is 0 Å². The number of H-pyrrole nitrogens is 2. The molecule has 0 radical (unpaired) electrons. The van der Waals surface area contributed by atoms with Gasteiger partial charge in [0.05, 0.1) is 48.7 Å². The number of aromatic amines is 2. The lowest BCUT2D eigenvalue weighted by Gasteiger charge is -2.28. The number of nitrogens with zero attached hydrogens (tertiary/aromatic N) is 3. The maximum Gasteiger partial charge on any atom is 0.407 e. The number of benzene rings is 4. The third-order valence-electron chi connectivity index (χ3n) is 11.2. The van der Waals surface area contributed by atoms with Crippen LogP contribution in [-0.4, -0.2) is 70.2 Å². The second kappa shape index (κ2) is 13.9. The Kier molecular flexibility index (Phi) is 8.79. The highest BCUT2D eigenvalue weighted by molar-refractivity contribution is 6.07. The molecule has 0 aliphatic carbocycles. The van der Waals surface area contributed by atoms with E-state index in [1.54, 1.807) is 12.0 Å². The molecule has 0 spiro atoms. The summed E-state index contributed by atoms with van der Waals surface area (Å²) in [7, 11) is 2.95. The molecule has 3 aliphatic rings. The van der Waals surface area contributed by atoms with Crippen LogP contribution in [-0.2, 0) is 20.9 Å². The smallest absolute Gasteiger partial charge is 0.407 e. The van der Waals surface area contributed by atoms with Gasteiger partial charge in [-0.15, -0.1) is 0 Å². The van der Waals surface area contributed by atoms with E-state index in [0.29, 0.717) is 43.6 Å². The predicted molar refractivity (Wildman–Crippen MR) is 205 cm³/mol. The van der Waals surface area contributed by atoms with E-state index in [9.17, 15) is 9.59 Å². The van der Waals surface area contributed by atoms with Gasteiger partial charge < -0.3 is 39.7 Å². The first kappa shape index (κ1) is 34.1. The van der Waals surface area contributed by atoms with Crippen LogP contribution in [0.4, 0.5) is 4.79 Å². The Morgan fingerprint density at radius 1 is 1.00 bits per heavy atom. The number of hydrogen-bond acceptors (Lipinski definition) is 8. The zero-order valence-corrected chi connectivity index (χ0v) is 30.5. The number of methoxy groups -OCH3 is 2. The van der Waals surface area contributed by atoms with Crippen LogP contribution < -0.4 is 15.4 Å². The summed E-state index contributed by atoms with van der Waals surface area (Å²) < 4.78 is 16.8. The molecule has 4 N–H and O–H groups in total. The van der Waals surface area contributed by atoms with Crippen LogP contribution in [0.5, 0.6) is 5.75 Å². The van der Waals surface area contributed by atoms with E-state index in [2.05, 4.69) is 70.0 Å². The third-order valence-corrected chi connectivity index (χ3v) is 11.2. The van der Waals surface area contributed by atoms with E-state index < -0.39 is 12.1 Å². The Morgan fingerprint density at radius 2 is 1.87 bits per heavy atom. The summed E-state index contributed by atoms with van der Waals surface area (Å²) >= 11 is 0. The monoisotopic (exact) mass is 725 g/mol. The van der Waals surface area contributed by atoms with Crippen LogP contribution in [0.15, 0.2) is 79.0 Å². The lowest BCUT2D eigenvalue weighted by molar-refractivity contribution is -0.134. The van der Waals surface area contributed by atoms with Gasteiger partial charge in [0.25, 0.3) is 5.91 Å². The van der Waals surface area contributed by atoms with Gasteiger partial charge in [-0.3, -0.25) is 4.79 Å². The number of carbonyl (C=O) groups is 2. The van der Waals surface area contributed by atoms with Gasteiger partial charge in [-0.05, 0) is 78.1 Å². The molecule has 9 rings (SSSR count). The molecule has 54 heavy (non-hydrogen) atoms. The number of carbonyl (C=O) groups excluding carboxylic acids is 2. The Balaban J connectivity index is 0.995. The quantitative estimate of drug-likeness (QED) is 0.130. The van der Waals surface area contributed by atoms with Gasteiger partial charge in [-0.1, -0.05) is 48.5 Å². The molecular formula is C42H43N7O5. The van der Waals surface area contributed by atoms with E-state index >= 15 is 0 Å². The molecule has 6 aromatic rings. The molecule has 2 saturated heterocycles. The van der Waals surface area contributed by atoms with E-state index in [4.69, 9.17) is 24.2 Å².